The summed E-state index contributed by atoms with van der Waals surface area (Å²) < 4.78 is 13.2. The van der Waals surface area contributed by atoms with Crippen LogP contribution in [0.2, 0.25) is 0 Å². The SMILES string of the molecule is CN1CCCC1c1cc(F)ccc1CO. The molecule has 1 aliphatic rings. The number of aliphatic hydroxyl groups is 1. The second-order valence-corrected chi connectivity index (χ2v) is 4.14. The van der Waals surface area contributed by atoms with Gasteiger partial charge in [0.05, 0.1) is 6.61 Å². The molecule has 82 valence electrons. The highest BCUT2D eigenvalue weighted by Gasteiger charge is 2.24. The summed E-state index contributed by atoms with van der Waals surface area (Å²) in [6, 6.07) is 4.90. The van der Waals surface area contributed by atoms with Crippen molar-refractivity contribution < 1.29 is 9.50 Å². The molecule has 2 rings (SSSR count). The number of likely N-dealkylation sites (tertiary alicyclic amines) is 1. The predicted octanol–water partition coefficient (Wildman–Crippen LogP) is 2.08. The second kappa shape index (κ2) is 4.29. The summed E-state index contributed by atoms with van der Waals surface area (Å²) in [6.45, 7) is 1.03. The van der Waals surface area contributed by atoms with Crippen LogP contribution in [-0.4, -0.2) is 23.6 Å². The summed E-state index contributed by atoms with van der Waals surface area (Å²) in [6.07, 6.45) is 2.19. The smallest absolute Gasteiger partial charge is 0.123 e. The third-order valence-electron chi connectivity index (χ3n) is 3.16. The van der Waals surface area contributed by atoms with E-state index in [0.29, 0.717) is 0 Å². The molecule has 0 radical (unpaired) electrons. The Balaban J connectivity index is 2.36. The van der Waals surface area contributed by atoms with Gasteiger partial charge in [-0.1, -0.05) is 6.07 Å². The summed E-state index contributed by atoms with van der Waals surface area (Å²) in [5, 5.41) is 9.21. The standard InChI is InChI=1S/C12H16FNO/c1-14-6-2-3-12(14)11-7-10(13)5-4-9(11)8-15/h4-5,7,12,15H,2-3,6,8H2,1H3. The van der Waals surface area contributed by atoms with Crippen molar-refractivity contribution in [1.29, 1.82) is 0 Å². The molecule has 1 aliphatic heterocycles. The molecule has 0 saturated carbocycles. The van der Waals surface area contributed by atoms with Gasteiger partial charge in [0.2, 0.25) is 0 Å². The van der Waals surface area contributed by atoms with Crippen LogP contribution in [0.4, 0.5) is 4.39 Å². The predicted molar refractivity (Wildman–Crippen MR) is 56.9 cm³/mol. The van der Waals surface area contributed by atoms with Gasteiger partial charge in [-0.15, -0.1) is 0 Å². The van der Waals surface area contributed by atoms with Gasteiger partial charge in [0, 0.05) is 6.04 Å². The summed E-state index contributed by atoms with van der Waals surface area (Å²) >= 11 is 0. The van der Waals surface area contributed by atoms with Crippen molar-refractivity contribution in [3.8, 4) is 0 Å². The Morgan fingerprint density at radius 1 is 1.53 bits per heavy atom. The number of benzene rings is 1. The molecule has 1 atom stereocenters. The van der Waals surface area contributed by atoms with Crippen molar-refractivity contribution in [3.05, 3.63) is 35.1 Å². The molecular formula is C12H16FNO. The molecule has 3 heteroatoms. The fourth-order valence-electron chi connectivity index (χ4n) is 2.32. The average Bonchev–Trinajstić information content (AvgIpc) is 2.64. The molecule has 2 nitrogen and oxygen atoms in total. The summed E-state index contributed by atoms with van der Waals surface area (Å²) in [5.41, 5.74) is 1.78. The van der Waals surface area contributed by atoms with Gasteiger partial charge < -0.3 is 5.11 Å². The third-order valence-corrected chi connectivity index (χ3v) is 3.16. The quantitative estimate of drug-likeness (QED) is 0.806. The van der Waals surface area contributed by atoms with Gasteiger partial charge in [-0.05, 0) is 49.7 Å². The van der Waals surface area contributed by atoms with Crippen molar-refractivity contribution in [2.45, 2.75) is 25.5 Å². The van der Waals surface area contributed by atoms with E-state index < -0.39 is 0 Å². The van der Waals surface area contributed by atoms with Crippen LogP contribution in [0.1, 0.15) is 30.0 Å². The fraction of sp³-hybridized carbons (Fsp3) is 0.500. The number of aliphatic hydroxyl groups excluding tert-OH is 1. The first-order valence-electron chi connectivity index (χ1n) is 5.32. The minimum absolute atomic E-state index is 0.0139. The highest BCUT2D eigenvalue weighted by molar-refractivity contribution is 5.30. The first kappa shape index (κ1) is 10.6. The van der Waals surface area contributed by atoms with Gasteiger partial charge in [-0.3, -0.25) is 4.90 Å². The molecule has 1 aromatic carbocycles. The molecule has 0 spiro atoms. The van der Waals surface area contributed by atoms with Gasteiger partial charge >= 0.3 is 0 Å². The first-order valence-corrected chi connectivity index (χ1v) is 5.32. The van der Waals surface area contributed by atoms with Gasteiger partial charge in [0.1, 0.15) is 5.82 Å². The van der Waals surface area contributed by atoms with Crippen molar-refractivity contribution in [2.24, 2.45) is 0 Å². The largest absolute Gasteiger partial charge is 0.392 e. The molecule has 1 unspecified atom stereocenters. The van der Waals surface area contributed by atoms with Crippen LogP contribution in [0.5, 0.6) is 0 Å². The van der Waals surface area contributed by atoms with Gasteiger partial charge in [0.15, 0.2) is 0 Å². The Hall–Kier alpha value is -0.930. The Morgan fingerprint density at radius 3 is 2.93 bits per heavy atom. The highest BCUT2D eigenvalue weighted by Crippen LogP contribution is 2.32. The average molecular weight is 209 g/mol. The van der Waals surface area contributed by atoms with Crippen LogP contribution in [0.25, 0.3) is 0 Å². The zero-order valence-corrected chi connectivity index (χ0v) is 8.91. The van der Waals surface area contributed by atoms with E-state index in [9.17, 15) is 9.50 Å². The minimum Gasteiger partial charge on any atom is -0.392 e. The molecule has 1 aromatic rings. The molecule has 0 amide bonds. The summed E-state index contributed by atoms with van der Waals surface area (Å²) in [5.74, 6) is -0.220. The lowest BCUT2D eigenvalue weighted by molar-refractivity contribution is 0.270. The Morgan fingerprint density at radius 2 is 2.33 bits per heavy atom. The van der Waals surface area contributed by atoms with E-state index >= 15 is 0 Å². The molecule has 15 heavy (non-hydrogen) atoms. The summed E-state index contributed by atoms with van der Waals surface area (Å²) in [4.78, 5) is 2.22. The maximum atomic E-state index is 13.2. The molecule has 1 fully saturated rings. The normalized spacial score (nSPS) is 22.2. The van der Waals surface area contributed by atoms with Gasteiger partial charge in [0.25, 0.3) is 0 Å². The lowest BCUT2D eigenvalue weighted by Gasteiger charge is -2.22. The van der Waals surface area contributed by atoms with Crippen molar-refractivity contribution in [1.82, 2.24) is 4.90 Å². The van der Waals surface area contributed by atoms with Crippen LogP contribution in [0.15, 0.2) is 18.2 Å². The van der Waals surface area contributed by atoms with E-state index in [1.54, 1.807) is 12.1 Å². The molecule has 1 N–H and O–H groups in total. The summed E-state index contributed by atoms with van der Waals surface area (Å²) in [7, 11) is 2.05. The van der Waals surface area contributed by atoms with E-state index in [4.69, 9.17) is 0 Å². The molecular weight excluding hydrogens is 193 g/mol. The Kier molecular flexibility index (Phi) is 3.03. The molecule has 1 saturated heterocycles. The molecule has 1 heterocycles. The maximum absolute atomic E-state index is 13.2. The van der Waals surface area contributed by atoms with Crippen LogP contribution in [0.3, 0.4) is 0 Å². The number of hydrogen-bond donors (Lipinski definition) is 1. The molecule has 0 aromatic heterocycles. The van der Waals surface area contributed by atoms with Gasteiger partial charge in [-0.25, -0.2) is 4.39 Å². The minimum atomic E-state index is -0.220. The number of nitrogens with zero attached hydrogens (tertiary/aromatic N) is 1. The Bertz CT molecular complexity index is 353. The first-order chi connectivity index (χ1) is 7.22. The van der Waals surface area contributed by atoms with E-state index in [0.717, 1.165) is 30.5 Å². The van der Waals surface area contributed by atoms with Crippen molar-refractivity contribution in [3.63, 3.8) is 0 Å². The zero-order chi connectivity index (χ0) is 10.8. The molecule has 0 bridgehead atoms. The van der Waals surface area contributed by atoms with E-state index in [1.807, 2.05) is 7.05 Å². The van der Waals surface area contributed by atoms with Crippen LogP contribution in [0, 0.1) is 5.82 Å². The maximum Gasteiger partial charge on any atom is 0.123 e. The van der Waals surface area contributed by atoms with Gasteiger partial charge in [-0.2, -0.15) is 0 Å². The zero-order valence-electron chi connectivity index (χ0n) is 8.91. The lowest BCUT2D eigenvalue weighted by Crippen LogP contribution is -2.19. The number of hydrogen-bond acceptors (Lipinski definition) is 2. The van der Waals surface area contributed by atoms with Crippen molar-refractivity contribution in [2.75, 3.05) is 13.6 Å². The lowest BCUT2D eigenvalue weighted by atomic mass is 9.99. The van der Waals surface area contributed by atoms with Crippen LogP contribution < -0.4 is 0 Å². The topological polar surface area (TPSA) is 23.5 Å². The van der Waals surface area contributed by atoms with E-state index in [1.165, 1.54) is 6.07 Å². The van der Waals surface area contributed by atoms with Crippen molar-refractivity contribution >= 4 is 0 Å². The van der Waals surface area contributed by atoms with Crippen LogP contribution >= 0.6 is 0 Å². The highest BCUT2D eigenvalue weighted by atomic mass is 19.1. The fourth-order valence-corrected chi connectivity index (χ4v) is 2.32. The third kappa shape index (κ3) is 2.03. The monoisotopic (exact) mass is 209 g/mol. The number of rotatable bonds is 2. The number of halogens is 1. The Labute approximate surface area is 89.3 Å². The molecule has 0 aliphatic carbocycles. The van der Waals surface area contributed by atoms with E-state index in [-0.39, 0.29) is 18.5 Å². The van der Waals surface area contributed by atoms with E-state index in [2.05, 4.69) is 4.90 Å². The second-order valence-electron chi connectivity index (χ2n) is 4.14. The van der Waals surface area contributed by atoms with Crippen LogP contribution in [-0.2, 0) is 6.61 Å².